The van der Waals surface area contributed by atoms with Crippen molar-refractivity contribution >= 4 is 5.91 Å². The van der Waals surface area contributed by atoms with Crippen molar-refractivity contribution in [3.8, 4) is 0 Å². The Balaban J connectivity index is 1.83. The van der Waals surface area contributed by atoms with Gasteiger partial charge in [-0.1, -0.05) is 29.4 Å². The van der Waals surface area contributed by atoms with Crippen molar-refractivity contribution < 1.29 is 9.32 Å². The van der Waals surface area contributed by atoms with Crippen LogP contribution in [0.5, 0.6) is 0 Å². The predicted octanol–water partition coefficient (Wildman–Crippen LogP) is 2.50. The van der Waals surface area contributed by atoms with Gasteiger partial charge in [0.25, 0.3) is 0 Å². The lowest BCUT2D eigenvalue weighted by Crippen LogP contribution is -2.27. The third-order valence-electron chi connectivity index (χ3n) is 3.49. The fourth-order valence-electron chi connectivity index (χ4n) is 2.23. The molecule has 20 heavy (non-hydrogen) atoms. The SMILES string of the molecule is Cc1ccccc1CC(=O)NCCc1c(C)noc1C. The van der Waals surface area contributed by atoms with Gasteiger partial charge >= 0.3 is 0 Å². The molecule has 0 radical (unpaired) electrons. The van der Waals surface area contributed by atoms with Gasteiger partial charge in [-0.15, -0.1) is 0 Å². The number of nitrogens with one attached hydrogen (secondary N) is 1. The van der Waals surface area contributed by atoms with E-state index in [1.54, 1.807) is 0 Å². The van der Waals surface area contributed by atoms with Crippen LogP contribution >= 0.6 is 0 Å². The molecule has 0 unspecified atom stereocenters. The number of carbonyl (C=O) groups excluding carboxylic acids is 1. The number of hydrogen-bond acceptors (Lipinski definition) is 3. The summed E-state index contributed by atoms with van der Waals surface area (Å²) in [7, 11) is 0. The first-order valence-corrected chi connectivity index (χ1v) is 6.81. The van der Waals surface area contributed by atoms with Crippen molar-refractivity contribution in [2.45, 2.75) is 33.6 Å². The van der Waals surface area contributed by atoms with E-state index < -0.39 is 0 Å². The van der Waals surface area contributed by atoms with E-state index in [9.17, 15) is 4.79 Å². The highest BCUT2D eigenvalue weighted by Crippen LogP contribution is 2.12. The molecule has 0 aliphatic rings. The van der Waals surface area contributed by atoms with Gasteiger partial charge in [0.2, 0.25) is 5.91 Å². The Morgan fingerprint density at radius 3 is 2.65 bits per heavy atom. The summed E-state index contributed by atoms with van der Waals surface area (Å²) in [6.45, 7) is 6.44. The molecular weight excluding hydrogens is 252 g/mol. The number of benzene rings is 1. The second-order valence-electron chi connectivity index (χ2n) is 5.01. The maximum absolute atomic E-state index is 11.9. The Hall–Kier alpha value is -2.10. The molecule has 0 fully saturated rings. The van der Waals surface area contributed by atoms with E-state index >= 15 is 0 Å². The molecule has 0 spiro atoms. The molecule has 106 valence electrons. The third kappa shape index (κ3) is 3.47. The first-order valence-electron chi connectivity index (χ1n) is 6.81. The van der Waals surface area contributed by atoms with Crippen LogP contribution in [0.25, 0.3) is 0 Å². The molecule has 1 heterocycles. The second kappa shape index (κ2) is 6.37. The Labute approximate surface area is 119 Å². The Bertz CT molecular complexity index is 583. The van der Waals surface area contributed by atoms with Gasteiger partial charge in [-0.05, 0) is 38.3 Å². The van der Waals surface area contributed by atoms with Gasteiger partial charge < -0.3 is 9.84 Å². The van der Waals surface area contributed by atoms with Gasteiger partial charge in [-0.25, -0.2) is 0 Å². The van der Waals surface area contributed by atoms with Gasteiger partial charge in [-0.3, -0.25) is 4.79 Å². The number of aromatic nitrogens is 1. The van der Waals surface area contributed by atoms with Crippen molar-refractivity contribution in [1.82, 2.24) is 10.5 Å². The van der Waals surface area contributed by atoms with Gasteiger partial charge in [-0.2, -0.15) is 0 Å². The van der Waals surface area contributed by atoms with E-state index in [0.717, 1.165) is 34.6 Å². The zero-order chi connectivity index (χ0) is 14.5. The van der Waals surface area contributed by atoms with Crippen LogP contribution < -0.4 is 5.32 Å². The minimum atomic E-state index is 0.0473. The quantitative estimate of drug-likeness (QED) is 0.910. The Morgan fingerprint density at radius 1 is 1.25 bits per heavy atom. The molecule has 0 atom stereocenters. The standard InChI is InChI=1S/C16H20N2O2/c1-11-6-4-5-7-14(11)10-16(19)17-9-8-15-12(2)18-20-13(15)3/h4-7H,8-10H2,1-3H3,(H,17,19). The van der Waals surface area contributed by atoms with Crippen LogP contribution in [-0.4, -0.2) is 17.6 Å². The molecule has 0 bridgehead atoms. The van der Waals surface area contributed by atoms with E-state index in [-0.39, 0.29) is 5.91 Å². The van der Waals surface area contributed by atoms with Crippen LogP contribution in [0.3, 0.4) is 0 Å². The summed E-state index contributed by atoms with van der Waals surface area (Å²) < 4.78 is 5.10. The van der Waals surface area contributed by atoms with E-state index in [2.05, 4.69) is 10.5 Å². The van der Waals surface area contributed by atoms with E-state index in [1.807, 2.05) is 45.0 Å². The van der Waals surface area contributed by atoms with Crippen molar-refractivity contribution in [3.63, 3.8) is 0 Å². The summed E-state index contributed by atoms with van der Waals surface area (Å²) in [6, 6.07) is 7.95. The first kappa shape index (κ1) is 14.3. The fourth-order valence-corrected chi connectivity index (χ4v) is 2.23. The maximum atomic E-state index is 11.9. The van der Waals surface area contributed by atoms with Crippen LogP contribution in [0.4, 0.5) is 0 Å². The highest BCUT2D eigenvalue weighted by Gasteiger charge is 2.09. The fraction of sp³-hybridized carbons (Fsp3) is 0.375. The smallest absolute Gasteiger partial charge is 0.224 e. The van der Waals surface area contributed by atoms with Gasteiger partial charge in [0.05, 0.1) is 12.1 Å². The number of rotatable bonds is 5. The Kier molecular flexibility index (Phi) is 4.56. The topological polar surface area (TPSA) is 55.1 Å². The van der Waals surface area contributed by atoms with E-state index in [0.29, 0.717) is 13.0 Å². The molecule has 1 amide bonds. The Morgan fingerprint density at radius 2 is 2.00 bits per heavy atom. The highest BCUT2D eigenvalue weighted by molar-refractivity contribution is 5.78. The summed E-state index contributed by atoms with van der Waals surface area (Å²) in [5, 5.41) is 6.85. The summed E-state index contributed by atoms with van der Waals surface area (Å²) in [5.41, 5.74) is 4.20. The number of aryl methyl sites for hydroxylation is 3. The number of hydrogen-bond donors (Lipinski definition) is 1. The molecule has 1 N–H and O–H groups in total. The number of amides is 1. The van der Waals surface area contributed by atoms with Crippen molar-refractivity contribution in [2.75, 3.05) is 6.54 Å². The van der Waals surface area contributed by atoms with Crippen molar-refractivity contribution in [1.29, 1.82) is 0 Å². The lowest BCUT2D eigenvalue weighted by molar-refractivity contribution is -0.120. The molecule has 0 aliphatic carbocycles. The zero-order valence-corrected chi connectivity index (χ0v) is 12.2. The monoisotopic (exact) mass is 272 g/mol. The summed E-state index contributed by atoms with van der Waals surface area (Å²) in [6.07, 6.45) is 1.18. The molecule has 1 aromatic carbocycles. The van der Waals surface area contributed by atoms with Crippen LogP contribution in [0.2, 0.25) is 0 Å². The molecule has 0 saturated carbocycles. The van der Waals surface area contributed by atoms with Crippen molar-refractivity contribution in [2.24, 2.45) is 0 Å². The van der Waals surface area contributed by atoms with E-state index in [4.69, 9.17) is 4.52 Å². The molecule has 4 heteroatoms. The van der Waals surface area contributed by atoms with Gasteiger partial charge in [0, 0.05) is 12.1 Å². The highest BCUT2D eigenvalue weighted by atomic mass is 16.5. The molecule has 2 rings (SSSR count). The van der Waals surface area contributed by atoms with Gasteiger partial charge in [0.15, 0.2) is 0 Å². The lowest BCUT2D eigenvalue weighted by atomic mass is 10.1. The molecule has 4 nitrogen and oxygen atoms in total. The summed E-state index contributed by atoms with van der Waals surface area (Å²) >= 11 is 0. The number of carbonyl (C=O) groups is 1. The predicted molar refractivity (Wildman–Crippen MR) is 77.6 cm³/mol. The minimum absolute atomic E-state index is 0.0473. The van der Waals surface area contributed by atoms with Crippen molar-refractivity contribution in [3.05, 3.63) is 52.4 Å². The van der Waals surface area contributed by atoms with Crippen LogP contribution in [0.1, 0.15) is 28.1 Å². The average molecular weight is 272 g/mol. The first-order chi connectivity index (χ1) is 9.58. The molecule has 0 aliphatic heterocycles. The zero-order valence-electron chi connectivity index (χ0n) is 12.2. The molecule has 2 aromatic rings. The molecular formula is C16H20N2O2. The van der Waals surface area contributed by atoms with Crippen LogP contribution in [-0.2, 0) is 17.6 Å². The van der Waals surface area contributed by atoms with Gasteiger partial charge in [0.1, 0.15) is 5.76 Å². The normalized spacial score (nSPS) is 10.6. The minimum Gasteiger partial charge on any atom is -0.361 e. The summed E-state index contributed by atoms with van der Waals surface area (Å²) in [5.74, 6) is 0.877. The molecule has 0 saturated heterocycles. The molecule has 1 aromatic heterocycles. The third-order valence-corrected chi connectivity index (χ3v) is 3.49. The van der Waals surface area contributed by atoms with E-state index in [1.165, 1.54) is 0 Å². The number of nitrogens with zero attached hydrogens (tertiary/aromatic N) is 1. The lowest BCUT2D eigenvalue weighted by Gasteiger charge is -2.07. The maximum Gasteiger partial charge on any atom is 0.224 e. The largest absolute Gasteiger partial charge is 0.361 e. The second-order valence-corrected chi connectivity index (χ2v) is 5.01. The van der Waals surface area contributed by atoms with Crippen LogP contribution in [0.15, 0.2) is 28.8 Å². The van der Waals surface area contributed by atoms with Crippen LogP contribution in [0, 0.1) is 20.8 Å². The average Bonchev–Trinajstić information content (AvgIpc) is 2.73. The summed E-state index contributed by atoms with van der Waals surface area (Å²) in [4.78, 5) is 11.9.